The lowest BCUT2D eigenvalue weighted by atomic mass is 9.91. The van der Waals surface area contributed by atoms with Crippen molar-refractivity contribution in [1.29, 1.82) is 0 Å². The van der Waals surface area contributed by atoms with Crippen LogP contribution in [0.1, 0.15) is 79.6 Å². The van der Waals surface area contributed by atoms with Gasteiger partial charge in [0, 0.05) is 24.2 Å². The van der Waals surface area contributed by atoms with Gasteiger partial charge in [0.15, 0.2) is 0 Å². The summed E-state index contributed by atoms with van der Waals surface area (Å²) in [5.74, 6) is 0. The minimum atomic E-state index is -0.435. The number of hydrogen-bond acceptors (Lipinski definition) is 4. The van der Waals surface area contributed by atoms with Gasteiger partial charge in [0.1, 0.15) is 5.60 Å². The van der Waals surface area contributed by atoms with Gasteiger partial charge in [0.25, 0.3) is 0 Å². The van der Waals surface area contributed by atoms with Gasteiger partial charge in [0.05, 0.1) is 0 Å². The molecule has 5 nitrogen and oxygen atoms in total. The highest BCUT2D eigenvalue weighted by atomic mass is 16.6. The van der Waals surface area contributed by atoms with Gasteiger partial charge in [-0.15, -0.1) is 0 Å². The summed E-state index contributed by atoms with van der Waals surface area (Å²) in [4.78, 5) is 12.0. The van der Waals surface area contributed by atoms with E-state index in [4.69, 9.17) is 4.74 Å². The molecule has 2 rings (SSSR count). The standard InChI is InChI=1S/C18H35N3O2/c1-13-8-6-9-14(2)21(13)20-16-11-7-10-15(12-16)19-17(22)23-18(3,4)5/h13-16,20H,6-12H2,1-5H3,(H,19,22). The first kappa shape index (κ1) is 18.5. The highest BCUT2D eigenvalue weighted by Crippen LogP contribution is 2.24. The Bertz CT molecular complexity index is 384. The van der Waals surface area contributed by atoms with Gasteiger partial charge in [-0.3, -0.25) is 5.43 Å². The van der Waals surface area contributed by atoms with Gasteiger partial charge >= 0.3 is 6.09 Å². The number of ether oxygens (including phenoxy) is 1. The van der Waals surface area contributed by atoms with Crippen molar-refractivity contribution in [2.45, 2.75) is 109 Å². The van der Waals surface area contributed by atoms with Crippen LogP contribution in [-0.2, 0) is 4.74 Å². The van der Waals surface area contributed by atoms with Crippen LogP contribution >= 0.6 is 0 Å². The highest BCUT2D eigenvalue weighted by Gasteiger charge is 2.30. The largest absolute Gasteiger partial charge is 0.444 e. The van der Waals surface area contributed by atoms with Crippen LogP contribution in [0.2, 0.25) is 0 Å². The second-order valence-electron chi connectivity index (χ2n) is 8.37. The number of alkyl carbamates (subject to hydrolysis) is 1. The number of nitrogens with zero attached hydrogens (tertiary/aromatic N) is 1. The van der Waals surface area contributed by atoms with Crippen molar-refractivity contribution < 1.29 is 9.53 Å². The predicted molar refractivity (Wildman–Crippen MR) is 93.2 cm³/mol. The summed E-state index contributed by atoms with van der Waals surface area (Å²) in [6.07, 6.45) is 7.93. The molecule has 1 amide bonds. The van der Waals surface area contributed by atoms with Gasteiger partial charge in [-0.2, -0.15) is 0 Å². The van der Waals surface area contributed by atoms with Crippen molar-refractivity contribution in [3.8, 4) is 0 Å². The summed E-state index contributed by atoms with van der Waals surface area (Å²) in [5.41, 5.74) is 3.31. The second kappa shape index (κ2) is 7.84. The summed E-state index contributed by atoms with van der Waals surface area (Å²) >= 11 is 0. The van der Waals surface area contributed by atoms with E-state index in [2.05, 4.69) is 29.6 Å². The Morgan fingerprint density at radius 2 is 1.57 bits per heavy atom. The molecule has 4 unspecified atom stereocenters. The van der Waals surface area contributed by atoms with Crippen LogP contribution in [0, 0.1) is 0 Å². The molecular formula is C18H35N3O2. The van der Waals surface area contributed by atoms with E-state index in [1.54, 1.807) is 0 Å². The molecule has 0 bridgehead atoms. The van der Waals surface area contributed by atoms with Crippen LogP contribution in [0.5, 0.6) is 0 Å². The fourth-order valence-corrected chi connectivity index (χ4v) is 3.80. The minimum Gasteiger partial charge on any atom is -0.444 e. The van der Waals surface area contributed by atoms with E-state index in [-0.39, 0.29) is 12.1 Å². The number of carbonyl (C=O) groups is 1. The molecule has 1 saturated carbocycles. The molecule has 1 heterocycles. The molecule has 1 aliphatic carbocycles. The Hall–Kier alpha value is -0.810. The smallest absolute Gasteiger partial charge is 0.407 e. The van der Waals surface area contributed by atoms with Crippen LogP contribution in [0.4, 0.5) is 4.79 Å². The zero-order chi connectivity index (χ0) is 17.0. The molecule has 1 aliphatic heterocycles. The molecule has 0 aromatic heterocycles. The maximum absolute atomic E-state index is 12.0. The molecule has 4 atom stereocenters. The monoisotopic (exact) mass is 325 g/mol. The van der Waals surface area contributed by atoms with Crippen LogP contribution in [0.15, 0.2) is 0 Å². The lowest BCUT2D eigenvalue weighted by Gasteiger charge is -2.43. The van der Waals surface area contributed by atoms with Crippen molar-refractivity contribution >= 4 is 6.09 Å². The topological polar surface area (TPSA) is 53.6 Å². The first-order valence-corrected chi connectivity index (χ1v) is 9.28. The van der Waals surface area contributed by atoms with Gasteiger partial charge in [-0.05, 0) is 73.1 Å². The Kier molecular flexibility index (Phi) is 6.32. The fourth-order valence-electron chi connectivity index (χ4n) is 3.80. The zero-order valence-electron chi connectivity index (χ0n) is 15.5. The molecule has 134 valence electrons. The molecular weight excluding hydrogens is 290 g/mol. The van der Waals surface area contributed by atoms with Gasteiger partial charge in [-0.1, -0.05) is 6.42 Å². The Morgan fingerprint density at radius 3 is 2.17 bits per heavy atom. The molecule has 1 saturated heterocycles. The highest BCUT2D eigenvalue weighted by molar-refractivity contribution is 5.68. The average molecular weight is 325 g/mol. The molecule has 0 aromatic carbocycles. The SMILES string of the molecule is CC1CCCC(C)N1NC1CCCC(NC(=O)OC(C)(C)C)C1. The Morgan fingerprint density at radius 1 is 1.00 bits per heavy atom. The van der Waals surface area contributed by atoms with E-state index >= 15 is 0 Å². The number of piperidine rings is 1. The summed E-state index contributed by atoms with van der Waals surface area (Å²) in [5, 5.41) is 5.49. The van der Waals surface area contributed by atoms with Crippen LogP contribution in [0.25, 0.3) is 0 Å². The minimum absolute atomic E-state index is 0.214. The van der Waals surface area contributed by atoms with E-state index in [0.717, 1.165) is 19.3 Å². The van der Waals surface area contributed by atoms with E-state index in [9.17, 15) is 4.79 Å². The molecule has 2 N–H and O–H groups in total. The molecule has 0 radical (unpaired) electrons. The molecule has 2 aliphatic rings. The number of carbonyl (C=O) groups excluding carboxylic acids is 1. The lowest BCUT2D eigenvalue weighted by molar-refractivity contribution is 0.0183. The first-order valence-electron chi connectivity index (χ1n) is 9.28. The fraction of sp³-hybridized carbons (Fsp3) is 0.944. The Balaban J connectivity index is 1.82. The predicted octanol–water partition coefficient (Wildman–Crippen LogP) is 3.59. The zero-order valence-corrected chi connectivity index (χ0v) is 15.5. The lowest BCUT2D eigenvalue weighted by Crippen LogP contribution is -2.57. The van der Waals surface area contributed by atoms with Crippen LogP contribution < -0.4 is 10.7 Å². The first-order chi connectivity index (χ1) is 10.7. The third kappa shape index (κ3) is 5.96. The maximum Gasteiger partial charge on any atom is 0.407 e. The van der Waals surface area contributed by atoms with Gasteiger partial charge in [0.2, 0.25) is 0 Å². The van der Waals surface area contributed by atoms with Crippen molar-refractivity contribution in [2.24, 2.45) is 0 Å². The van der Waals surface area contributed by atoms with E-state index in [1.165, 1.54) is 25.7 Å². The summed E-state index contributed by atoms with van der Waals surface area (Å²) < 4.78 is 5.38. The molecule has 5 heteroatoms. The van der Waals surface area contributed by atoms with E-state index in [1.807, 2.05) is 20.8 Å². The molecule has 2 fully saturated rings. The van der Waals surface area contributed by atoms with Gasteiger partial charge in [-0.25, -0.2) is 9.80 Å². The second-order valence-corrected chi connectivity index (χ2v) is 8.37. The quantitative estimate of drug-likeness (QED) is 0.832. The number of rotatable bonds is 3. The number of hydrogen-bond donors (Lipinski definition) is 2. The molecule has 23 heavy (non-hydrogen) atoms. The third-order valence-electron chi connectivity index (χ3n) is 4.92. The van der Waals surface area contributed by atoms with Crippen LogP contribution in [0.3, 0.4) is 0 Å². The average Bonchev–Trinajstić information content (AvgIpc) is 2.41. The summed E-state index contributed by atoms with van der Waals surface area (Å²) in [6, 6.07) is 1.86. The number of amides is 1. The normalized spacial score (nSPS) is 33.3. The number of hydrazine groups is 1. The van der Waals surface area contributed by atoms with Crippen molar-refractivity contribution in [3.63, 3.8) is 0 Å². The van der Waals surface area contributed by atoms with Crippen molar-refractivity contribution in [3.05, 3.63) is 0 Å². The van der Waals surface area contributed by atoms with E-state index < -0.39 is 5.60 Å². The molecule has 0 spiro atoms. The van der Waals surface area contributed by atoms with Gasteiger partial charge < -0.3 is 10.1 Å². The van der Waals surface area contributed by atoms with E-state index in [0.29, 0.717) is 18.1 Å². The number of nitrogens with one attached hydrogen (secondary N) is 2. The summed E-state index contributed by atoms with van der Waals surface area (Å²) in [6.45, 7) is 10.3. The summed E-state index contributed by atoms with van der Waals surface area (Å²) in [7, 11) is 0. The Labute approximate surface area is 141 Å². The third-order valence-corrected chi connectivity index (χ3v) is 4.92. The van der Waals surface area contributed by atoms with Crippen LogP contribution in [-0.4, -0.2) is 40.9 Å². The maximum atomic E-state index is 12.0. The molecule has 0 aromatic rings. The van der Waals surface area contributed by atoms with Crippen molar-refractivity contribution in [2.75, 3.05) is 0 Å². The van der Waals surface area contributed by atoms with Crippen molar-refractivity contribution in [1.82, 2.24) is 15.8 Å².